The van der Waals surface area contributed by atoms with Crippen molar-refractivity contribution in [1.29, 1.82) is 0 Å². The van der Waals surface area contributed by atoms with Crippen LogP contribution in [0.3, 0.4) is 0 Å². The Kier molecular flexibility index (Phi) is 8.29. The molecule has 0 atom stereocenters. The second-order valence-electron chi connectivity index (χ2n) is 10.1. The van der Waals surface area contributed by atoms with E-state index in [0.29, 0.717) is 0 Å². The molecule has 2 heteroatoms. The molecule has 164 valence electrons. The van der Waals surface area contributed by atoms with E-state index < -0.39 is 5.97 Å². The Labute approximate surface area is 183 Å². The minimum absolute atomic E-state index is 0.0666. The molecule has 0 heterocycles. The predicted octanol–water partition coefficient (Wildman–Crippen LogP) is 7.76. The molecule has 1 aromatic carbocycles. The number of carbonyl (C=O) groups is 1. The summed E-state index contributed by atoms with van der Waals surface area (Å²) < 4.78 is 0. The molecule has 1 N–H and O–H groups in total. The first-order valence-electron chi connectivity index (χ1n) is 11.5. The predicted molar refractivity (Wildman–Crippen MR) is 129 cm³/mol. The van der Waals surface area contributed by atoms with Gasteiger partial charge >= 0.3 is 5.97 Å². The molecule has 0 unspecified atom stereocenters. The van der Waals surface area contributed by atoms with Crippen molar-refractivity contribution in [2.24, 2.45) is 0 Å². The first-order chi connectivity index (χ1) is 14.1. The summed E-state index contributed by atoms with van der Waals surface area (Å²) in [5.74, 6) is -0.797. The Morgan fingerprint density at radius 3 is 2.27 bits per heavy atom. The van der Waals surface area contributed by atoms with Crippen molar-refractivity contribution in [3.63, 3.8) is 0 Å². The van der Waals surface area contributed by atoms with E-state index in [1.807, 2.05) is 19.1 Å². The van der Waals surface area contributed by atoms with Gasteiger partial charge in [-0.1, -0.05) is 95.5 Å². The second kappa shape index (κ2) is 10.3. The number of fused-ring (bicyclic) bond motifs is 1. The molecule has 0 aromatic heterocycles. The molecule has 0 spiro atoms. The number of hydrogen-bond donors (Lipinski definition) is 1. The largest absolute Gasteiger partial charge is 0.481 e. The van der Waals surface area contributed by atoms with Crippen LogP contribution in [0.25, 0.3) is 6.08 Å². The lowest BCUT2D eigenvalue weighted by Crippen LogP contribution is -2.34. The summed E-state index contributed by atoms with van der Waals surface area (Å²) in [5, 5.41) is 8.80. The molecule has 30 heavy (non-hydrogen) atoms. The minimum Gasteiger partial charge on any atom is -0.481 e. The van der Waals surface area contributed by atoms with Crippen LogP contribution >= 0.6 is 0 Å². The van der Waals surface area contributed by atoms with Crippen LogP contribution in [0.5, 0.6) is 0 Å². The van der Waals surface area contributed by atoms with Crippen LogP contribution in [-0.2, 0) is 22.0 Å². The quantitative estimate of drug-likeness (QED) is 0.335. The number of carboxylic acid groups (broad SMARTS) is 1. The first-order valence-corrected chi connectivity index (χ1v) is 11.5. The highest BCUT2D eigenvalue weighted by molar-refractivity contribution is 5.69. The topological polar surface area (TPSA) is 37.3 Å². The fourth-order valence-electron chi connectivity index (χ4n) is 4.30. The van der Waals surface area contributed by atoms with Crippen molar-refractivity contribution in [3.05, 3.63) is 64.3 Å². The number of aryl methyl sites for hydroxylation is 1. The monoisotopic (exact) mass is 408 g/mol. The van der Waals surface area contributed by atoms with Crippen LogP contribution in [0.15, 0.2) is 42.0 Å². The van der Waals surface area contributed by atoms with Gasteiger partial charge in [-0.25, -0.2) is 0 Å². The lowest BCUT2D eigenvalue weighted by atomic mass is 9.62. The standard InChI is InChI=1S/C28H40O2/c1-7-8-9-13-22-19-24-25(28(5,6)18-17-27(24,3)4)20-23(22)14-11-10-12-21(2)15-16-26(29)30/h10-12,14-15,19-20H,7-9,13,16-18H2,1-6H3,(H,29,30)/b12-10+,14-11+,21-15-. The van der Waals surface area contributed by atoms with Gasteiger partial charge in [0.05, 0.1) is 6.42 Å². The van der Waals surface area contributed by atoms with Gasteiger partial charge in [0, 0.05) is 0 Å². The number of aliphatic carboxylic acids is 1. The van der Waals surface area contributed by atoms with E-state index >= 15 is 0 Å². The molecule has 0 saturated carbocycles. The highest BCUT2D eigenvalue weighted by atomic mass is 16.4. The number of allylic oxidation sites excluding steroid dienone is 4. The average molecular weight is 409 g/mol. The van der Waals surface area contributed by atoms with Crippen molar-refractivity contribution in [3.8, 4) is 0 Å². The second-order valence-corrected chi connectivity index (χ2v) is 10.1. The van der Waals surface area contributed by atoms with E-state index in [9.17, 15) is 4.79 Å². The van der Waals surface area contributed by atoms with E-state index in [2.05, 4.69) is 58.9 Å². The molecule has 0 fully saturated rings. The lowest BCUT2D eigenvalue weighted by molar-refractivity contribution is -0.136. The zero-order chi connectivity index (χ0) is 22.4. The maximum atomic E-state index is 10.7. The molecule has 2 nitrogen and oxygen atoms in total. The lowest BCUT2D eigenvalue weighted by Gasteiger charge is -2.42. The SMILES string of the molecule is CCCCCc1cc2c(cc1/C=C/C=C/C(C)=C\CC(=O)O)C(C)(C)CCC2(C)C. The molecular formula is C28H40O2. The van der Waals surface area contributed by atoms with Crippen molar-refractivity contribution in [2.45, 2.75) is 97.3 Å². The maximum Gasteiger partial charge on any atom is 0.307 e. The third-order valence-electron chi connectivity index (χ3n) is 6.51. The zero-order valence-corrected chi connectivity index (χ0v) is 19.8. The van der Waals surface area contributed by atoms with Crippen molar-refractivity contribution >= 4 is 12.0 Å². The smallest absolute Gasteiger partial charge is 0.307 e. The average Bonchev–Trinajstić information content (AvgIpc) is 2.67. The summed E-state index contributed by atoms with van der Waals surface area (Å²) in [6.45, 7) is 13.7. The van der Waals surface area contributed by atoms with Gasteiger partial charge in [0.2, 0.25) is 0 Å². The van der Waals surface area contributed by atoms with Gasteiger partial charge < -0.3 is 5.11 Å². The van der Waals surface area contributed by atoms with Gasteiger partial charge in [0.1, 0.15) is 0 Å². The number of benzene rings is 1. The Balaban J connectivity index is 2.36. The molecule has 2 rings (SSSR count). The maximum absolute atomic E-state index is 10.7. The summed E-state index contributed by atoms with van der Waals surface area (Å²) in [4.78, 5) is 10.7. The van der Waals surface area contributed by atoms with E-state index in [0.717, 1.165) is 12.0 Å². The van der Waals surface area contributed by atoms with Gasteiger partial charge in [-0.05, 0) is 65.7 Å². The van der Waals surface area contributed by atoms with E-state index in [1.54, 1.807) is 6.08 Å². The summed E-state index contributed by atoms with van der Waals surface area (Å²) in [6, 6.07) is 4.93. The molecule has 0 bridgehead atoms. The van der Waals surface area contributed by atoms with E-state index in [1.165, 1.54) is 54.4 Å². The van der Waals surface area contributed by atoms with Gasteiger partial charge in [-0.3, -0.25) is 4.79 Å². The van der Waals surface area contributed by atoms with Crippen LogP contribution in [0.1, 0.15) is 102 Å². The van der Waals surface area contributed by atoms with Crippen LogP contribution in [0.2, 0.25) is 0 Å². The van der Waals surface area contributed by atoms with Gasteiger partial charge in [0.15, 0.2) is 0 Å². The fraction of sp³-hybridized carbons (Fsp3) is 0.536. The summed E-state index contributed by atoms with van der Waals surface area (Å²) in [5.41, 5.74) is 7.23. The van der Waals surface area contributed by atoms with Crippen molar-refractivity contribution in [1.82, 2.24) is 0 Å². The Morgan fingerprint density at radius 2 is 1.67 bits per heavy atom. The van der Waals surface area contributed by atoms with E-state index in [4.69, 9.17) is 5.11 Å². The highest BCUT2D eigenvalue weighted by Gasteiger charge is 2.37. The Bertz CT molecular complexity index is 834. The highest BCUT2D eigenvalue weighted by Crippen LogP contribution is 2.46. The molecular weight excluding hydrogens is 368 g/mol. The fourth-order valence-corrected chi connectivity index (χ4v) is 4.30. The molecule has 0 amide bonds. The third kappa shape index (κ3) is 6.45. The van der Waals surface area contributed by atoms with Gasteiger partial charge in [-0.2, -0.15) is 0 Å². The Hall–Kier alpha value is -2.09. The van der Waals surface area contributed by atoms with Crippen molar-refractivity contribution in [2.75, 3.05) is 0 Å². The first kappa shape index (κ1) is 24.2. The number of carboxylic acids is 1. The van der Waals surface area contributed by atoms with Crippen LogP contribution in [0, 0.1) is 0 Å². The molecule has 1 aliphatic rings. The summed E-state index contributed by atoms with van der Waals surface area (Å²) >= 11 is 0. The van der Waals surface area contributed by atoms with Crippen LogP contribution in [0.4, 0.5) is 0 Å². The van der Waals surface area contributed by atoms with Gasteiger partial charge in [0.25, 0.3) is 0 Å². The van der Waals surface area contributed by atoms with E-state index in [-0.39, 0.29) is 17.3 Å². The molecule has 0 saturated heterocycles. The molecule has 1 aliphatic carbocycles. The number of hydrogen-bond acceptors (Lipinski definition) is 1. The van der Waals surface area contributed by atoms with Crippen molar-refractivity contribution < 1.29 is 9.90 Å². The van der Waals surface area contributed by atoms with Crippen LogP contribution < -0.4 is 0 Å². The van der Waals surface area contributed by atoms with Crippen LogP contribution in [-0.4, -0.2) is 11.1 Å². The molecule has 0 aliphatic heterocycles. The van der Waals surface area contributed by atoms with Gasteiger partial charge in [-0.15, -0.1) is 0 Å². The number of unbranched alkanes of at least 4 members (excludes halogenated alkanes) is 2. The summed E-state index contributed by atoms with van der Waals surface area (Å²) in [7, 11) is 0. The Morgan fingerprint density at radius 1 is 1.03 bits per heavy atom. The molecule has 1 aromatic rings. The summed E-state index contributed by atoms with van der Waals surface area (Å²) in [6.07, 6.45) is 17.4. The molecule has 0 radical (unpaired) electrons. The number of rotatable bonds is 9. The third-order valence-corrected chi connectivity index (χ3v) is 6.51. The zero-order valence-electron chi connectivity index (χ0n) is 19.8. The normalized spacial score (nSPS) is 18.1. The minimum atomic E-state index is -0.797.